The average molecular weight is 497 g/mol. The largest absolute Gasteiger partial charge is 0.367 e. The molecule has 0 aliphatic carbocycles. The Morgan fingerprint density at radius 1 is 1.00 bits per heavy atom. The van der Waals surface area contributed by atoms with Gasteiger partial charge in [-0.05, 0) is 47.9 Å². The van der Waals surface area contributed by atoms with Crippen molar-refractivity contribution in [3.63, 3.8) is 0 Å². The Hall–Kier alpha value is -3.43. The fourth-order valence-electron chi connectivity index (χ4n) is 3.98. The number of benzene rings is 3. The number of halogens is 1. The van der Waals surface area contributed by atoms with Gasteiger partial charge >= 0.3 is 0 Å². The van der Waals surface area contributed by atoms with Crippen LogP contribution in [0.4, 0.5) is 15.8 Å². The zero-order valence-electron chi connectivity index (χ0n) is 19.6. The van der Waals surface area contributed by atoms with Crippen LogP contribution in [-0.4, -0.2) is 40.5 Å². The Balaban J connectivity index is 1.60. The number of hydrogen-bond acceptors (Lipinski definition) is 5. The van der Waals surface area contributed by atoms with E-state index in [0.717, 1.165) is 31.1 Å². The van der Waals surface area contributed by atoms with Gasteiger partial charge in [-0.2, -0.15) is 0 Å². The molecule has 1 heterocycles. The number of rotatable bonds is 8. The van der Waals surface area contributed by atoms with Crippen molar-refractivity contribution in [2.24, 2.45) is 0 Å². The van der Waals surface area contributed by atoms with Gasteiger partial charge in [0.2, 0.25) is 0 Å². The molecule has 0 bridgehead atoms. The lowest BCUT2D eigenvalue weighted by atomic mass is 10.1. The van der Waals surface area contributed by atoms with E-state index >= 15 is 0 Å². The Kier molecular flexibility index (Phi) is 7.67. The summed E-state index contributed by atoms with van der Waals surface area (Å²) < 4.78 is 42.8. The molecule has 1 aliphatic heterocycles. The lowest BCUT2D eigenvalue weighted by Crippen LogP contribution is -2.43. The van der Waals surface area contributed by atoms with Gasteiger partial charge in [-0.25, -0.2) is 12.8 Å². The van der Waals surface area contributed by atoms with Crippen molar-refractivity contribution in [1.82, 2.24) is 10.6 Å². The Labute approximate surface area is 205 Å². The fourth-order valence-corrected chi connectivity index (χ4v) is 5.13. The maximum absolute atomic E-state index is 14.3. The smallest absolute Gasteiger partial charge is 0.264 e. The third-order valence-corrected chi connectivity index (χ3v) is 7.37. The van der Waals surface area contributed by atoms with Crippen LogP contribution in [0.25, 0.3) is 0 Å². The molecule has 0 aromatic heterocycles. The molecule has 0 spiro atoms. The summed E-state index contributed by atoms with van der Waals surface area (Å²) in [7, 11) is -4.21. The van der Waals surface area contributed by atoms with Gasteiger partial charge in [0.15, 0.2) is 0 Å². The van der Waals surface area contributed by atoms with Gasteiger partial charge in [0.1, 0.15) is 10.7 Å². The molecule has 0 saturated carbocycles. The number of nitrogens with zero attached hydrogens (tertiary/aromatic N) is 1. The maximum atomic E-state index is 14.3. The Bertz CT molecular complexity index is 1290. The van der Waals surface area contributed by atoms with Crippen LogP contribution >= 0.6 is 0 Å². The van der Waals surface area contributed by atoms with Crippen LogP contribution in [0.1, 0.15) is 28.4 Å². The molecule has 0 unspecified atom stereocenters. The molecule has 7 nitrogen and oxygen atoms in total. The summed E-state index contributed by atoms with van der Waals surface area (Å²) >= 11 is 0. The van der Waals surface area contributed by atoms with Crippen molar-refractivity contribution in [3.8, 4) is 0 Å². The molecule has 3 N–H and O–H groups in total. The number of carbonyl (C=O) groups excluding carboxylic acids is 1. The van der Waals surface area contributed by atoms with Crippen LogP contribution in [-0.2, 0) is 23.0 Å². The second kappa shape index (κ2) is 10.9. The standard InChI is InChI=1S/C26H29FN4O3S/c1-2-19-7-9-20(10-8-19)18-29-26(32)21-11-12-24(31-15-13-28-14-16-31)23(17-21)30-35(33,34)25-6-4-3-5-22(25)27/h3-12,17,28,30H,2,13-16,18H2,1H3,(H,29,32). The van der Waals surface area contributed by atoms with Gasteiger partial charge in [0.05, 0.1) is 11.4 Å². The normalized spacial score (nSPS) is 13.9. The van der Waals surface area contributed by atoms with E-state index in [9.17, 15) is 17.6 Å². The Morgan fingerprint density at radius 3 is 2.37 bits per heavy atom. The van der Waals surface area contributed by atoms with Crippen LogP contribution < -0.4 is 20.3 Å². The van der Waals surface area contributed by atoms with E-state index in [4.69, 9.17) is 0 Å². The monoisotopic (exact) mass is 496 g/mol. The summed E-state index contributed by atoms with van der Waals surface area (Å²) in [6.45, 7) is 5.27. The zero-order valence-corrected chi connectivity index (χ0v) is 20.4. The molecule has 0 atom stereocenters. The second-order valence-electron chi connectivity index (χ2n) is 8.36. The first-order valence-electron chi connectivity index (χ1n) is 11.6. The molecule has 9 heteroatoms. The van der Waals surface area contributed by atoms with Crippen LogP contribution in [0.15, 0.2) is 71.6 Å². The number of hydrogen-bond donors (Lipinski definition) is 3. The van der Waals surface area contributed by atoms with Gasteiger partial charge in [-0.1, -0.05) is 43.3 Å². The van der Waals surface area contributed by atoms with Gasteiger partial charge in [0, 0.05) is 38.3 Å². The predicted molar refractivity (Wildman–Crippen MR) is 136 cm³/mol. The van der Waals surface area contributed by atoms with Crippen molar-refractivity contribution in [2.45, 2.75) is 24.8 Å². The van der Waals surface area contributed by atoms with E-state index in [0.29, 0.717) is 30.9 Å². The van der Waals surface area contributed by atoms with Crippen LogP contribution in [0.5, 0.6) is 0 Å². The number of aryl methyl sites for hydroxylation is 1. The molecule has 0 radical (unpaired) electrons. The zero-order chi connectivity index (χ0) is 24.8. The minimum Gasteiger partial charge on any atom is -0.367 e. The first-order valence-corrected chi connectivity index (χ1v) is 13.1. The van der Waals surface area contributed by atoms with Crippen molar-refractivity contribution in [3.05, 3.63) is 89.2 Å². The summed E-state index contributed by atoms with van der Waals surface area (Å²) in [6.07, 6.45) is 0.942. The van der Waals surface area contributed by atoms with Crippen molar-refractivity contribution >= 4 is 27.3 Å². The highest BCUT2D eigenvalue weighted by atomic mass is 32.2. The molecule has 4 rings (SSSR count). The molecular formula is C26H29FN4O3S. The molecule has 1 saturated heterocycles. The lowest BCUT2D eigenvalue weighted by Gasteiger charge is -2.31. The minimum atomic E-state index is -4.21. The van der Waals surface area contributed by atoms with Crippen molar-refractivity contribution in [2.75, 3.05) is 35.8 Å². The molecule has 1 aliphatic rings. The fraction of sp³-hybridized carbons (Fsp3) is 0.269. The number of anilines is 2. The summed E-state index contributed by atoms with van der Waals surface area (Å²) in [4.78, 5) is 14.5. The van der Waals surface area contributed by atoms with Gasteiger partial charge in [0.25, 0.3) is 15.9 Å². The molecule has 1 amide bonds. The van der Waals surface area contributed by atoms with Crippen molar-refractivity contribution < 1.29 is 17.6 Å². The molecule has 184 valence electrons. The highest BCUT2D eigenvalue weighted by Gasteiger charge is 2.23. The number of piperazine rings is 1. The third kappa shape index (κ3) is 5.98. The first kappa shape index (κ1) is 24.7. The molecule has 1 fully saturated rings. The first-order chi connectivity index (χ1) is 16.9. The molecule has 3 aromatic carbocycles. The lowest BCUT2D eigenvalue weighted by molar-refractivity contribution is 0.0951. The van der Waals surface area contributed by atoms with Gasteiger partial charge < -0.3 is 15.5 Å². The highest BCUT2D eigenvalue weighted by Crippen LogP contribution is 2.30. The Morgan fingerprint density at radius 2 is 1.69 bits per heavy atom. The van der Waals surface area contributed by atoms with Crippen LogP contribution in [0, 0.1) is 5.82 Å². The summed E-state index contributed by atoms with van der Waals surface area (Å²) in [5.41, 5.74) is 3.36. The number of carbonyl (C=O) groups is 1. The van der Waals surface area contributed by atoms with Crippen molar-refractivity contribution in [1.29, 1.82) is 0 Å². The van der Waals surface area contributed by atoms with E-state index in [-0.39, 0.29) is 11.6 Å². The quantitative estimate of drug-likeness (QED) is 0.444. The predicted octanol–water partition coefficient (Wildman–Crippen LogP) is 3.53. The summed E-state index contributed by atoms with van der Waals surface area (Å²) in [5.74, 6) is -1.17. The number of nitrogens with one attached hydrogen (secondary N) is 3. The third-order valence-electron chi connectivity index (χ3n) is 5.97. The molecular weight excluding hydrogens is 467 g/mol. The summed E-state index contributed by atoms with van der Waals surface area (Å²) in [5, 5.41) is 6.14. The van der Waals surface area contributed by atoms with E-state index in [2.05, 4.69) is 22.3 Å². The highest BCUT2D eigenvalue weighted by molar-refractivity contribution is 7.92. The van der Waals surface area contributed by atoms with Crippen LogP contribution in [0.3, 0.4) is 0 Å². The number of amides is 1. The number of sulfonamides is 1. The van der Waals surface area contributed by atoms with E-state index in [1.54, 1.807) is 12.1 Å². The van der Waals surface area contributed by atoms with Gasteiger partial charge in [-0.3, -0.25) is 9.52 Å². The average Bonchev–Trinajstić information content (AvgIpc) is 2.88. The van der Waals surface area contributed by atoms with Gasteiger partial charge in [-0.15, -0.1) is 0 Å². The molecule has 3 aromatic rings. The second-order valence-corrected chi connectivity index (χ2v) is 10.0. The molecule has 35 heavy (non-hydrogen) atoms. The minimum absolute atomic E-state index is 0.232. The SMILES string of the molecule is CCc1ccc(CNC(=O)c2ccc(N3CCNCC3)c(NS(=O)(=O)c3ccccc3F)c2)cc1. The van der Waals surface area contributed by atoms with E-state index in [1.165, 1.54) is 29.8 Å². The van der Waals surface area contributed by atoms with E-state index in [1.807, 2.05) is 29.2 Å². The maximum Gasteiger partial charge on any atom is 0.264 e. The topological polar surface area (TPSA) is 90.5 Å². The van der Waals surface area contributed by atoms with Crippen LogP contribution in [0.2, 0.25) is 0 Å². The van der Waals surface area contributed by atoms with E-state index < -0.39 is 20.7 Å². The summed E-state index contributed by atoms with van der Waals surface area (Å²) in [6, 6.07) is 18.1.